The zero-order chi connectivity index (χ0) is 30.5. The molecule has 0 spiro atoms. The van der Waals surface area contributed by atoms with Gasteiger partial charge in [-0.15, -0.1) is 12.8 Å². The molecule has 1 fully saturated rings. The van der Waals surface area contributed by atoms with E-state index in [2.05, 4.69) is 33.4 Å². The minimum Gasteiger partial charge on any atom is -0.479 e. The molecule has 2 heterocycles. The van der Waals surface area contributed by atoms with E-state index in [0.717, 1.165) is 11.8 Å². The lowest BCUT2D eigenvalue weighted by atomic mass is 10.1. The van der Waals surface area contributed by atoms with E-state index >= 15 is 0 Å². The van der Waals surface area contributed by atoms with Crippen LogP contribution >= 0.6 is 0 Å². The minimum atomic E-state index is -1.94. The highest BCUT2D eigenvalue weighted by molar-refractivity contribution is 6.45. The van der Waals surface area contributed by atoms with Gasteiger partial charge >= 0.3 is 5.97 Å². The second-order valence-electron chi connectivity index (χ2n) is 8.92. The monoisotopic (exact) mass is 563 g/mol. The number of rotatable bonds is 8. The number of aromatic amines is 1. The van der Waals surface area contributed by atoms with Crippen LogP contribution < -0.4 is 10.6 Å². The molecule has 2 aromatic carbocycles. The smallest absolute Gasteiger partial charge is 0.334 e. The number of likely N-dealkylation sites (N-methyl/N-ethyl adjacent to an activating group) is 2. The predicted octanol–water partition coefficient (Wildman–Crippen LogP) is 0.845. The topological polar surface area (TPSA) is 172 Å². The molecule has 0 aliphatic carbocycles. The zero-order valence-corrected chi connectivity index (χ0v) is 22.7. The van der Waals surface area contributed by atoms with Gasteiger partial charge in [-0.3, -0.25) is 19.2 Å². The highest BCUT2D eigenvalue weighted by Gasteiger charge is 2.32. The lowest BCUT2D eigenvalue weighted by Crippen LogP contribution is -2.50. The number of carbonyl (C=O) groups is 5. The summed E-state index contributed by atoms with van der Waals surface area (Å²) in [5.74, 6) is -3.53. The van der Waals surface area contributed by atoms with Crippen LogP contribution in [0.4, 0.5) is 5.69 Å². The van der Waals surface area contributed by atoms with E-state index in [1.54, 1.807) is 30.3 Å². The molecule has 1 saturated heterocycles. The summed E-state index contributed by atoms with van der Waals surface area (Å²) >= 11 is 0. The van der Waals surface area contributed by atoms with E-state index in [1.807, 2.05) is 25.2 Å². The number of Topliss-reactive ketones (excluding diaryl/α,β-unsaturated/α-hetero) is 1. The van der Waals surface area contributed by atoms with Crippen LogP contribution in [0, 0.1) is 12.8 Å². The molecule has 3 aromatic rings. The van der Waals surface area contributed by atoms with Crippen molar-refractivity contribution < 1.29 is 34.2 Å². The Morgan fingerprint density at radius 2 is 1.63 bits per heavy atom. The van der Waals surface area contributed by atoms with Crippen molar-refractivity contribution in [3.63, 3.8) is 0 Å². The number of nitrogens with zero attached hydrogens (tertiary/aromatic N) is 2. The van der Waals surface area contributed by atoms with Crippen molar-refractivity contribution in [2.75, 3.05) is 45.6 Å². The number of aldehydes is 1. The Bertz CT molecular complexity index is 1380. The first-order chi connectivity index (χ1) is 19.7. The van der Waals surface area contributed by atoms with Gasteiger partial charge in [-0.05, 0) is 20.2 Å². The molecule has 12 heteroatoms. The van der Waals surface area contributed by atoms with Gasteiger partial charge in [0.15, 0.2) is 6.10 Å². The van der Waals surface area contributed by atoms with Gasteiger partial charge in [0, 0.05) is 43.3 Å². The van der Waals surface area contributed by atoms with Crippen molar-refractivity contribution in [1.82, 2.24) is 20.1 Å². The summed E-state index contributed by atoms with van der Waals surface area (Å²) in [6.45, 7) is 2.33. The van der Waals surface area contributed by atoms with Crippen molar-refractivity contribution in [2.45, 2.75) is 12.1 Å². The highest BCUT2D eigenvalue weighted by atomic mass is 16.4. The molecule has 2 amide bonds. The average Bonchev–Trinajstić information content (AvgIpc) is 3.44. The number of aliphatic carboxylic acids is 1. The molecule has 0 saturated carbocycles. The molecular formula is C29H33N5O7. The van der Waals surface area contributed by atoms with Gasteiger partial charge < -0.3 is 35.6 Å². The molecule has 1 aliphatic rings. The second kappa shape index (κ2) is 15.7. The lowest BCUT2D eigenvalue weighted by Gasteiger charge is -2.31. The third-order valence-corrected chi connectivity index (χ3v) is 6.30. The predicted molar refractivity (Wildman–Crippen MR) is 154 cm³/mol. The fraction of sp³-hybridized carbons (Fsp3) is 0.276. The first-order valence-electron chi connectivity index (χ1n) is 12.5. The number of carboxylic acid groups (broad SMARTS) is 1. The number of para-hydroxylation sites is 1. The Kier molecular flexibility index (Phi) is 12.4. The molecule has 41 heavy (non-hydrogen) atoms. The number of benzene rings is 2. The molecule has 0 radical (unpaired) electrons. The standard InChI is InChI=1S/C20H25N5O6.C7H6O.C2H2/c1-21-15(17(27)20(30)31)18(28)23-13-5-3-4-11-12(10-22-14(11)13)16(26)19(29)25-8-6-24(2)7-9-25;8-6-7-4-2-1-3-5-7;1-2/h3-5,10,15,17,21-22,27H,6-9H2,1-2H3,(H,23,28)(H,30,31);1-6H;1-2H. The van der Waals surface area contributed by atoms with Gasteiger partial charge in [0.05, 0.1) is 16.8 Å². The number of nitrogens with one attached hydrogen (secondary N) is 3. The number of amides is 2. The highest BCUT2D eigenvalue weighted by Crippen LogP contribution is 2.26. The number of terminal acetylenes is 1. The quantitative estimate of drug-likeness (QED) is 0.115. The average molecular weight is 564 g/mol. The summed E-state index contributed by atoms with van der Waals surface area (Å²) < 4.78 is 0. The summed E-state index contributed by atoms with van der Waals surface area (Å²) in [6.07, 6.45) is 8.31. The molecule has 216 valence electrons. The number of aromatic nitrogens is 1. The fourth-order valence-electron chi connectivity index (χ4n) is 4.03. The summed E-state index contributed by atoms with van der Waals surface area (Å²) in [5, 5.41) is 24.1. The normalized spacial score (nSPS) is 14.3. The second-order valence-corrected chi connectivity index (χ2v) is 8.92. The number of hydrogen-bond donors (Lipinski definition) is 5. The first-order valence-corrected chi connectivity index (χ1v) is 12.5. The van der Waals surface area contributed by atoms with Gasteiger partial charge in [-0.2, -0.15) is 0 Å². The third kappa shape index (κ3) is 8.33. The van der Waals surface area contributed by atoms with E-state index in [0.29, 0.717) is 37.1 Å². The third-order valence-electron chi connectivity index (χ3n) is 6.30. The van der Waals surface area contributed by atoms with Crippen molar-refractivity contribution in [3.8, 4) is 12.8 Å². The lowest BCUT2D eigenvalue weighted by molar-refractivity contribution is -0.150. The van der Waals surface area contributed by atoms with Crippen LogP contribution in [0.25, 0.3) is 10.9 Å². The van der Waals surface area contributed by atoms with Crippen LogP contribution in [0.15, 0.2) is 54.7 Å². The Labute approximate surface area is 237 Å². The molecule has 0 bridgehead atoms. The largest absolute Gasteiger partial charge is 0.479 e. The summed E-state index contributed by atoms with van der Waals surface area (Å²) in [6, 6.07) is 12.5. The van der Waals surface area contributed by atoms with E-state index in [9.17, 15) is 29.1 Å². The molecule has 4 rings (SSSR count). The van der Waals surface area contributed by atoms with E-state index in [-0.39, 0.29) is 11.3 Å². The summed E-state index contributed by atoms with van der Waals surface area (Å²) in [4.78, 5) is 65.5. The van der Waals surface area contributed by atoms with Gasteiger partial charge in [0.2, 0.25) is 5.91 Å². The van der Waals surface area contributed by atoms with Crippen LogP contribution in [-0.2, 0) is 14.4 Å². The maximum atomic E-state index is 12.8. The number of carboxylic acids is 1. The number of H-pyrrole nitrogens is 1. The zero-order valence-electron chi connectivity index (χ0n) is 22.7. The summed E-state index contributed by atoms with van der Waals surface area (Å²) in [7, 11) is 3.31. The van der Waals surface area contributed by atoms with Crippen molar-refractivity contribution in [1.29, 1.82) is 0 Å². The van der Waals surface area contributed by atoms with Gasteiger partial charge in [-0.1, -0.05) is 42.5 Å². The van der Waals surface area contributed by atoms with E-state index in [1.165, 1.54) is 18.1 Å². The molecule has 2 atom stereocenters. The fourth-order valence-corrected chi connectivity index (χ4v) is 4.03. The maximum Gasteiger partial charge on any atom is 0.334 e. The molecule has 1 aromatic heterocycles. The van der Waals surface area contributed by atoms with Crippen LogP contribution in [0.2, 0.25) is 0 Å². The Morgan fingerprint density at radius 3 is 2.17 bits per heavy atom. The van der Waals surface area contributed by atoms with Crippen LogP contribution in [0.1, 0.15) is 20.7 Å². The van der Waals surface area contributed by atoms with E-state index in [4.69, 9.17) is 5.11 Å². The van der Waals surface area contributed by atoms with Crippen LogP contribution in [-0.4, -0.2) is 107 Å². The number of aliphatic hydroxyl groups is 1. The van der Waals surface area contributed by atoms with Gasteiger partial charge in [-0.25, -0.2) is 4.79 Å². The number of anilines is 1. The Hall–Kier alpha value is -4.83. The molecule has 5 N–H and O–H groups in total. The number of fused-ring (bicyclic) bond motifs is 1. The molecular weight excluding hydrogens is 530 g/mol. The van der Waals surface area contributed by atoms with Crippen LogP contribution in [0.5, 0.6) is 0 Å². The van der Waals surface area contributed by atoms with Crippen LogP contribution in [0.3, 0.4) is 0 Å². The number of hydrogen-bond acceptors (Lipinski definition) is 8. The van der Waals surface area contributed by atoms with E-state index < -0.39 is 35.7 Å². The number of piperazine rings is 1. The Balaban J connectivity index is 0.000000500. The number of ketones is 1. The van der Waals surface area contributed by atoms with Crippen molar-refractivity contribution in [3.05, 3.63) is 65.9 Å². The first kappa shape index (κ1) is 32.4. The molecule has 1 aliphatic heterocycles. The number of aliphatic hydroxyl groups excluding tert-OH is 1. The maximum absolute atomic E-state index is 12.8. The summed E-state index contributed by atoms with van der Waals surface area (Å²) in [5.41, 5.74) is 1.61. The van der Waals surface area contributed by atoms with Gasteiger partial charge in [0.1, 0.15) is 12.3 Å². The Morgan fingerprint density at radius 1 is 1.00 bits per heavy atom. The van der Waals surface area contributed by atoms with Gasteiger partial charge in [0.25, 0.3) is 11.7 Å². The molecule has 12 nitrogen and oxygen atoms in total. The minimum absolute atomic E-state index is 0.186. The SMILES string of the molecule is C#C.CNC(C(=O)Nc1cccc2c(C(=O)C(=O)N3CCN(C)CC3)c[nH]c12)C(O)C(=O)O.O=Cc1ccccc1. The van der Waals surface area contributed by atoms with Crippen molar-refractivity contribution >= 4 is 46.4 Å². The molecule has 2 unspecified atom stereocenters. The number of carbonyl (C=O) groups excluding carboxylic acids is 4. The van der Waals surface area contributed by atoms with Crippen molar-refractivity contribution in [2.24, 2.45) is 0 Å².